The number of hydrogen-bond acceptors (Lipinski definition) is 3. The van der Waals surface area contributed by atoms with E-state index < -0.39 is 0 Å². The van der Waals surface area contributed by atoms with Gasteiger partial charge in [0, 0.05) is 44.1 Å². The van der Waals surface area contributed by atoms with Crippen LogP contribution in [-0.2, 0) is 9.53 Å². The van der Waals surface area contributed by atoms with E-state index in [1.54, 1.807) is 7.11 Å². The lowest BCUT2D eigenvalue weighted by atomic mass is 9.64. The Bertz CT molecular complexity index is 623. The highest BCUT2D eigenvalue weighted by atomic mass is 35.5. The number of ether oxygens (including phenoxy) is 1. The zero-order valence-electron chi connectivity index (χ0n) is 22.3. The fourth-order valence-electron chi connectivity index (χ4n) is 7.30. The largest absolute Gasteiger partial charge is 0.412 e. The fraction of sp³-hybridized carbons (Fsp3) is 0.964. The van der Waals surface area contributed by atoms with Gasteiger partial charge in [-0.1, -0.05) is 27.7 Å². The standard InChI is InChI=1S/C27H47ClN2O2.CH4.3H2O/c1-27(2)18-30(14-13-24(27)20-9-11-23(28)12-10-20)16-25(21-7-8-21)29-26(31)22-6-4-5-19(15-22)17-32-3;;;;/h19-25H,4-18H2,1-3H3,(H,29,31);1H4;3*1H2/t19?,20?,22?,23?,24?,25-;;;;/m0..../s1. The molecule has 0 spiro atoms. The first-order chi connectivity index (χ1) is 15.4. The van der Waals surface area contributed by atoms with Crippen LogP contribution in [0.2, 0.25) is 0 Å². The molecule has 0 aromatic rings. The minimum atomic E-state index is 0. The molecule has 1 heterocycles. The van der Waals surface area contributed by atoms with Crippen molar-refractivity contribution in [1.82, 2.24) is 10.2 Å². The molecule has 7 N–H and O–H groups in total. The number of amides is 1. The van der Waals surface area contributed by atoms with Crippen molar-refractivity contribution in [3.8, 4) is 0 Å². The van der Waals surface area contributed by atoms with E-state index >= 15 is 0 Å². The highest BCUT2D eigenvalue weighted by molar-refractivity contribution is 6.20. The van der Waals surface area contributed by atoms with Crippen molar-refractivity contribution in [2.75, 3.05) is 33.4 Å². The van der Waals surface area contributed by atoms with E-state index in [2.05, 4.69) is 24.1 Å². The molecular formula is C28H57ClN2O5. The first-order valence-electron chi connectivity index (χ1n) is 13.5. The van der Waals surface area contributed by atoms with Crippen LogP contribution in [0.5, 0.6) is 0 Å². The lowest BCUT2D eigenvalue weighted by Gasteiger charge is -2.49. The third-order valence-electron chi connectivity index (χ3n) is 9.19. The van der Waals surface area contributed by atoms with Crippen LogP contribution in [0.25, 0.3) is 0 Å². The first-order valence-corrected chi connectivity index (χ1v) is 13.9. The van der Waals surface area contributed by atoms with Crippen LogP contribution in [0.15, 0.2) is 0 Å². The molecule has 7 nitrogen and oxygen atoms in total. The number of piperidine rings is 1. The van der Waals surface area contributed by atoms with Crippen molar-refractivity contribution in [2.45, 2.75) is 103 Å². The van der Waals surface area contributed by atoms with Gasteiger partial charge in [-0.3, -0.25) is 4.79 Å². The Kier molecular flexibility index (Phi) is 15.7. The molecule has 0 radical (unpaired) electrons. The maximum atomic E-state index is 13.2. The molecule has 1 aliphatic heterocycles. The Labute approximate surface area is 225 Å². The SMILES string of the molecule is C.COCC1CCCC(C(=O)N[C@@H](CN2CCC(C3CCC(Cl)CC3)C(C)(C)C2)C2CC2)C1.O.O.O. The van der Waals surface area contributed by atoms with E-state index in [4.69, 9.17) is 16.3 Å². The molecule has 0 bridgehead atoms. The van der Waals surface area contributed by atoms with E-state index in [1.807, 2.05) is 0 Å². The lowest BCUT2D eigenvalue weighted by molar-refractivity contribution is -0.127. The van der Waals surface area contributed by atoms with E-state index in [0.717, 1.165) is 50.8 Å². The number of rotatable bonds is 8. The van der Waals surface area contributed by atoms with E-state index in [9.17, 15) is 4.79 Å². The highest BCUT2D eigenvalue weighted by Crippen LogP contribution is 2.46. The van der Waals surface area contributed by atoms with Crippen LogP contribution < -0.4 is 5.32 Å². The first kappa shape index (κ1) is 35.6. The summed E-state index contributed by atoms with van der Waals surface area (Å²) in [6, 6.07) is 0.337. The van der Waals surface area contributed by atoms with Crippen LogP contribution in [0.3, 0.4) is 0 Å². The zero-order valence-corrected chi connectivity index (χ0v) is 23.0. The molecule has 4 fully saturated rings. The predicted octanol–water partition coefficient (Wildman–Crippen LogP) is 3.64. The number of nitrogens with one attached hydrogen (secondary N) is 1. The van der Waals surface area contributed by atoms with Gasteiger partial charge in [-0.2, -0.15) is 0 Å². The fourth-order valence-corrected chi connectivity index (χ4v) is 7.55. The summed E-state index contributed by atoms with van der Waals surface area (Å²) >= 11 is 6.38. The summed E-state index contributed by atoms with van der Waals surface area (Å²) in [6.07, 6.45) is 13.3. The minimum absolute atomic E-state index is 0. The average molecular weight is 537 g/mol. The number of likely N-dealkylation sites (tertiary alicyclic amines) is 1. The van der Waals surface area contributed by atoms with Gasteiger partial charge >= 0.3 is 0 Å². The number of alkyl halides is 1. The van der Waals surface area contributed by atoms with Crippen molar-refractivity contribution < 1.29 is 26.0 Å². The van der Waals surface area contributed by atoms with Gasteiger partial charge in [0.2, 0.25) is 5.91 Å². The van der Waals surface area contributed by atoms with Gasteiger partial charge in [-0.15, -0.1) is 11.6 Å². The molecule has 1 amide bonds. The molecule has 8 heteroatoms. The second-order valence-corrected chi connectivity index (χ2v) is 12.9. The maximum absolute atomic E-state index is 13.2. The molecule has 3 saturated carbocycles. The van der Waals surface area contributed by atoms with Gasteiger partial charge in [0.05, 0.1) is 0 Å². The van der Waals surface area contributed by atoms with Gasteiger partial charge in [0.1, 0.15) is 0 Å². The molecular weight excluding hydrogens is 480 g/mol. The monoisotopic (exact) mass is 536 g/mol. The average Bonchev–Trinajstić information content (AvgIpc) is 3.59. The zero-order chi connectivity index (χ0) is 22.7. The summed E-state index contributed by atoms with van der Waals surface area (Å²) in [5.74, 6) is 3.41. The van der Waals surface area contributed by atoms with Crippen LogP contribution in [0.1, 0.15) is 91.9 Å². The summed E-state index contributed by atoms with van der Waals surface area (Å²) in [5, 5.41) is 3.94. The third-order valence-corrected chi connectivity index (χ3v) is 9.63. The van der Waals surface area contributed by atoms with Gasteiger partial charge < -0.3 is 31.4 Å². The Balaban J connectivity index is 0.00000306. The van der Waals surface area contributed by atoms with Crippen LogP contribution >= 0.6 is 11.6 Å². The quantitative estimate of drug-likeness (QED) is 0.474. The summed E-state index contributed by atoms with van der Waals surface area (Å²) in [4.78, 5) is 15.8. The number of methoxy groups -OCH3 is 1. The Morgan fingerprint density at radius 1 is 1.03 bits per heavy atom. The number of carbonyl (C=O) groups excluding carboxylic acids is 1. The molecule has 0 aromatic carbocycles. The topological polar surface area (TPSA) is 136 Å². The van der Waals surface area contributed by atoms with Crippen molar-refractivity contribution in [2.24, 2.45) is 35.0 Å². The summed E-state index contributed by atoms with van der Waals surface area (Å²) in [6.45, 7) is 9.16. The molecule has 3 unspecified atom stereocenters. The van der Waals surface area contributed by atoms with E-state index in [0.29, 0.717) is 34.6 Å². The number of carbonyl (C=O) groups is 1. The van der Waals surface area contributed by atoms with Gasteiger partial charge in [0.15, 0.2) is 0 Å². The number of nitrogens with zero attached hydrogens (tertiary/aromatic N) is 1. The molecule has 4 atom stereocenters. The minimum Gasteiger partial charge on any atom is -0.412 e. The molecule has 4 aliphatic rings. The van der Waals surface area contributed by atoms with Crippen LogP contribution in [-0.4, -0.2) is 72.0 Å². The molecule has 216 valence electrons. The van der Waals surface area contributed by atoms with E-state index in [1.165, 1.54) is 57.9 Å². The van der Waals surface area contributed by atoms with Crippen molar-refractivity contribution in [3.63, 3.8) is 0 Å². The Morgan fingerprint density at radius 2 is 1.69 bits per heavy atom. The molecule has 36 heavy (non-hydrogen) atoms. The molecule has 3 aliphatic carbocycles. The number of halogens is 1. The Morgan fingerprint density at radius 3 is 2.28 bits per heavy atom. The van der Waals surface area contributed by atoms with Crippen molar-refractivity contribution >= 4 is 17.5 Å². The normalized spacial score (nSPS) is 32.9. The molecule has 4 rings (SSSR count). The maximum Gasteiger partial charge on any atom is 0.223 e. The second kappa shape index (κ2) is 15.8. The smallest absolute Gasteiger partial charge is 0.223 e. The lowest BCUT2D eigenvalue weighted by Crippen LogP contribution is -2.54. The third kappa shape index (κ3) is 9.39. The number of hydrogen-bond donors (Lipinski definition) is 1. The van der Waals surface area contributed by atoms with Gasteiger partial charge in [-0.25, -0.2) is 0 Å². The summed E-state index contributed by atoms with van der Waals surface area (Å²) < 4.78 is 5.37. The van der Waals surface area contributed by atoms with E-state index in [-0.39, 0.29) is 29.8 Å². The second-order valence-electron chi connectivity index (χ2n) is 12.3. The summed E-state index contributed by atoms with van der Waals surface area (Å²) in [7, 11) is 1.78. The van der Waals surface area contributed by atoms with Crippen molar-refractivity contribution in [1.29, 1.82) is 0 Å². The van der Waals surface area contributed by atoms with Gasteiger partial charge in [0.25, 0.3) is 0 Å². The van der Waals surface area contributed by atoms with Crippen LogP contribution in [0.4, 0.5) is 0 Å². The molecule has 1 saturated heterocycles. The van der Waals surface area contributed by atoms with Gasteiger partial charge in [-0.05, 0) is 99.8 Å². The van der Waals surface area contributed by atoms with Crippen molar-refractivity contribution in [3.05, 3.63) is 0 Å². The predicted molar refractivity (Wildman–Crippen MR) is 149 cm³/mol. The summed E-state index contributed by atoms with van der Waals surface area (Å²) in [5.41, 5.74) is 0.344. The Hall–Kier alpha value is -0.440. The highest BCUT2D eigenvalue weighted by Gasteiger charge is 2.43. The van der Waals surface area contributed by atoms with Crippen LogP contribution in [0, 0.1) is 35.0 Å². The molecule has 0 aromatic heterocycles.